The Labute approximate surface area is 308 Å². The average molecular weight is 729 g/mol. The molecule has 3 rings (SSSR count). The van der Waals surface area contributed by atoms with Gasteiger partial charge in [0.25, 0.3) is 0 Å². The predicted octanol–water partition coefficient (Wildman–Crippen LogP) is 3.82. The number of nitrogens with zero attached hydrogens (tertiary/aromatic N) is 3. The maximum absolute atomic E-state index is 14.2. The highest BCUT2D eigenvalue weighted by atomic mass is 32.1. The number of methoxy groups -OCH3 is 2. The van der Waals surface area contributed by atoms with E-state index in [1.165, 1.54) is 11.3 Å². The summed E-state index contributed by atoms with van der Waals surface area (Å²) in [6.45, 7) is 10.4. The van der Waals surface area contributed by atoms with Crippen LogP contribution in [0.2, 0.25) is 0 Å². The van der Waals surface area contributed by atoms with Gasteiger partial charge in [0.1, 0.15) is 11.0 Å². The first-order chi connectivity index (χ1) is 24.4. The van der Waals surface area contributed by atoms with Gasteiger partial charge in [-0.15, -0.1) is 11.3 Å². The van der Waals surface area contributed by atoms with E-state index in [-0.39, 0.29) is 60.5 Å². The quantitative estimate of drug-likeness (QED) is 0.187. The van der Waals surface area contributed by atoms with Gasteiger partial charge in [0.05, 0.1) is 49.2 Å². The minimum absolute atomic E-state index is 0.00371. The number of rotatable bonds is 20. The summed E-state index contributed by atoms with van der Waals surface area (Å²) in [6.07, 6.45) is 3.51. The first-order valence-electron chi connectivity index (χ1n) is 18.2. The Kier molecular flexibility index (Phi) is 17.0. The van der Waals surface area contributed by atoms with E-state index in [0.29, 0.717) is 19.4 Å². The van der Waals surface area contributed by atoms with Crippen molar-refractivity contribution >= 4 is 35.0 Å². The molecule has 284 valence electrons. The van der Waals surface area contributed by atoms with Crippen molar-refractivity contribution in [3.63, 3.8) is 0 Å². The summed E-state index contributed by atoms with van der Waals surface area (Å²) in [4.78, 5) is 62.3. The maximum Gasteiger partial charge on any atom is 0.245 e. The Balaban J connectivity index is 1.77. The van der Waals surface area contributed by atoms with Gasteiger partial charge >= 0.3 is 0 Å². The molecule has 2 heterocycles. The van der Waals surface area contributed by atoms with E-state index in [4.69, 9.17) is 9.47 Å². The smallest absolute Gasteiger partial charge is 0.245 e. The molecule has 3 N–H and O–H groups in total. The molecular weight excluding hydrogens is 669 g/mol. The minimum Gasteiger partial charge on any atom is -0.379 e. The molecule has 0 spiro atoms. The second-order valence-electron chi connectivity index (χ2n) is 14.0. The third-order valence-electron chi connectivity index (χ3n) is 10.2. The van der Waals surface area contributed by atoms with Crippen molar-refractivity contribution in [2.75, 3.05) is 41.4 Å². The van der Waals surface area contributed by atoms with Gasteiger partial charge in [0.15, 0.2) is 0 Å². The monoisotopic (exact) mass is 728 g/mol. The molecule has 1 saturated heterocycles. The first kappa shape index (κ1) is 42.0. The molecule has 1 aliphatic heterocycles. The SMILES string of the molecule is CC[C@H](C)[C@@H]([C@@H](CC(=O)N1CCC[C@H]1[C@H](OC)[C@@H](C)C(=O)N[C@@H](Cc1ccccc1)c1nccs1)OC)N(C)C(=O)[C@@H](NC(=O)CNC)C(C)C. The zero-order valence-corrected chi connectivity index (χ0v) is 32.7. The van der Waals surface area contributed by atoms with E-state index < -0.39 is 30.2 Å². The lowest BCUT2D eigenvalue weighted by molar-refractivity contribution is -0.147. The van der Waals surface area contributed by atoms with Crippen molar-refractivity contribution in [3.8, 4) is 0 Å². The van der Waals surface area contributed by atoms with Gasteiger partial charge in [-0.1, -0.05) is 71.4 Å². The Morgan fingerprint density at radius 3 is 2.33 bits per heavy atom. The summed E-state index contributed by atoms with van der Waals surface area (Å²) in [5, 5.41) is 11.7. The molecule has 13 heteroatoms. The molecule has 2 aromatic rings. The van der Waals surface area contributed by atoms with Crippen LogP contribution >= 0.6 is 11.3 Å². The topological polar surface area (TPSA) is 142 Å². The number of aromatic nitrogens is 1. The lowest BCUT2D eigenvalue weighted by atomic mass is 9.89. The highest BCUT2D eigenvalue weighted by Crippen LogP contribution is 2.30. The van der Waals surface area contributed by atoms with Crippen molar-refractivity contribution < 1.29 is 28.7 Å². The van der Waals surface area contributed by atoms with E-state index in [9.17, 15) is 19.2 Å². The Hall–Kier alpha value is -3.39. The predicted molar refractivity (Wildman–Crippen MR) is 200 cm³/mol. The number of carbonyl (C=O) groups is 4. The molecule has 1 aromatic carbocycles. The molecule has 0 aliphatic carbocycles. The zero-order chi connectivity index (χ0) is 37.7. The fourth-order valence-corrected chi connectivity index (χ4v) is 7.87. The van der Waals surface area contributed by atoms with Crippen LogP contribution in [0.3, 0.4) is 0 Å². The summed E-state index contributed by atoms with van der Waals surface area (Å²) < 4.78 is 12.0. The third-order valence-corrected chi connectivity index (χ3v) is 11.1. The van der Waals surface area contributed by atoms with Crippen LogP contribution in [0.15, 0.2) is 41.9 Å². The van der Waals surface area contributed by atoms with Crippen molar-refractivity contribution in [2.24, 2.45) is 17.8 Å². The van der Waals surface area contributed by atoms with Gasteiger partial charge in [0.2, 0.25) is 23.6 Å². The van der Waals surface area contributed by atoms with Crippen LogP contribution in [0.25, 0.3) is 0 Å². The summed E-state index contributed by atoms with van der Waals surface area (Å²) >= 11 is 1.50. The first-order valence-corrected chi connectivity index (χ1v) is 19.1. The van der Waals surface area contributed by atoms with Gasteiger partial charge in [-0.25, -0.2) is 4.98 Å². The number of thiazole rings is 1. The molecule has 12 nitrogen and oxygen atoms in total. The highest BCUT2D eigenvalue weighted by molar-refractivity contribution is 7.09. The molecule has 0 unspecified atom stereocenters. The van der Waals surface area contributed by atoms with Crippen LogP contribution in [0.5, 0.6) is 0 Å². The molecule has 0 saturated carbocycles. The number of nitrogens with one attached hydrogen (secondary N) is 3. The highest BCUT2D eigenvalue weighted by Gasteiger charge is 2.43. The number of carbonyl (C=O) groups excluding carboxylic acids is 4. The number of likely N-dealkylation sites (N-methyl/N-ethyl adjacent to an activating group) is 2. The number of hydrogen-bond donors (Lipinski definition) is 3. The normalized spacial score (nSPS) is 18.7. The fraction of sp³-hybridized carbons (Fsp3) is 0.658. The molecule has 8 atom stereocenters. The van der Waals surface area contributed by atoms with E-state index in [0.717, 1.165) is 23.4 Å². The van der Waals surface area contributed by atoms with Crippen molar-refractivity contribution in [2.45, 2.75) is 103 Å². The van der Waals surface area contributed by atoms with Crippen LogP contribution in [0.4, 0.5) is 0 Å². The summed E-state index contributed by atoms with van der Waals surface area (Å²) in [5.41, 5.74) is 1.09. The van der Waals surface area contributed by atoms with Crippen molar-refractivity contribution in [1.29, 1.82) is 0 Å². The molecule has 0 radical (unpaired) electrons. The van der Waals surface area contributed by atoms with E-state index in [1.54, 1.807) is 39.4 Å². The maximum atomic E-state index is 14.2. The number of benzene rings is 1. The molecule has 0 bridgehead atoms. The van der Waals surface area contributed by atoms with Crippen LogP contribution in [-0.4, -0.2) is 110 Å². The van der Waals surface area contributed by atoms with Crippen LogP contribution in [0.1, 0.15) is 76.9 Å². The average Bonchev–Trinajstić information content (AvgIpc) is 3.84. The molecule has 4 amide bonds. The molecule has 51 heavy (non-hydrogen) atoms. The Bertz CT molecular complexity index is 1380. The summed E-state index contributed by atoms with van der Waals surface area (Å²) in [5.74, 6) is -1.45. The van der Waals surface area contributed by atoms with Crippen molar-refractivity contribution in [1.82, 2.24) is 30.7 Å². The van der Waals surface area contributed by atoms with Crippen LogP contribution in [-0.2, 0) is 35.1 Å². The van der Waals surface area contributed by atoms with Crippen LogP contribution < -0.4 is 16.0 Å². The van der Waals surface area contributed by atoms with Crippen molar-refractivity contribution in [3.05, 3.63) is 52.5 Å². The van der Waals surface area contributed by atoms with Gasteiger partial charge in [-0.05, 0) is 43.7 Å². The fourth-order valence-electron chi connectivity index (χ4n) is 7.18. The number of amides is 4. The minimum atomic E-state index is -0.725. The largest absolute Gasteiger partial charge is 0.379 e. The molecule has 1 aromatic heterocycles. The van der Waals surface area contributed by atoms with Gasteiger partial charge in [-0.2, -0.15) is 0 Å². The zero-order valence-electron chi connectivity index (χ0n) is 31.9. The lowest BCUT2D eigenvalue weighted by Crippen LogP contribution is -2.58. The molecular formula is C38H60N6O6S. The van der Waals surface area contributed by atoms with Gasteiger partial charge < -0.3 is 35.2 Å². The Morgan fingerprint density at radius 2 is 1.76 bits per heavy atom. The number of ether oxygens (including phenoxy) is 2. The molecule has 1 aliphatic rings. The second kappa shape index (κ2) is 20.6. The van der Waals surface area contributed by atoms with Gasteiger partial charge in [0, 0.05) is 39.4 Å². The number of hydrogen-bond acceptors (Lipinski definition) is 9. The number of likely N-dealkylation sites (tertiary alicyclic amines) is 1. The van der Waals surface area contributed by atoms with Gasteiger partial charge in [-0.3, -0.25) is 19.2 Å². The molecule has 1 fully saturated rings. The third kappa shape index (κ3) is 11.3. The van der Waals surface area contributed by atoms with E-state index in [2.05, 4.69) is 20.9 Å². The summed E-state index contributed by atoms with van der Waals surface area (Å²) in [6, 6.07) is 8.25. The van der Waals surface area contributed by atoms with E-state index >= 15 is 0 Å². The summed E-state index contributed by atoms with van der Waals surface area (Å²) in [7, 11) is 6.57. The standard InChI is InChI=1S/C38H60N6O6S/c1-10-25(4)34(43(7)38(48)33(24(2)3)42-31(45)23-39-6)30(49-8)22-32(46)44-19-14-17-29(44)35(50-9)26(5)36(47)41-28(37-40-18-20-51-37)21-27-15-12-11-13-16-27/h11-13,15-16,18,20,24-26,28-30,33-35,39H,10,14,17,19,21-23H2,1-9H3,(H,41,47)(H,42,45)/t25-,26+,28-,29-,30+,33-,34-,35+/m0/s1. The second-order valence-corrected chi connectivity index (χ2v) is 15.0. The van der Waals surface area contributed by atoms with E-state index in [1.807, 2.05) is 75.2 Å². The van der Waals surface area contributed by atoms with Crippen LogP contribution in [0, 0.1) is 17.8 Å². The lowest BCUT2D eigenvalue weighted by Gasteiger charge is -2.40. The Morgan fingerprint density at radius 1 is 1.06 bits per heavy atom.